The lowest BCUT2D eigenvalue weighted by molar-refractivity contribution is -0.132. The van der Waals surface area contributed by atoms with E-state index in [-0.39, 0.29) is 17.6 Å². The van der Waals surface area contributed by atoms with Crippen LogP contribution >= 0.6 is 0 Å². The molecule has 1 aliphatic heterocycles. The number of hydrogen-bond acceptors (Lipinski definition) is 2. The molecule has 0 spiro atoms. The Morgan fingerprint density at radius 2 is 2.07 bits per heavy atom. The minimum absolute atomic E-state index is 0.101. The molecule has 2 aromatic carbocycles. The first-order valence-corrected chi connectivity index (χ1v) is 9.60. The van der Waals surface area contributed by atoms with E-state index in [0.29, 0.717) is 31.5 Å². The summed E-state index contributed by atoms with van der Waals surface area (Å²) < 4.78 is 15.6. The van der Waals surface area contributed by atoms with Crippen molar-refractivity contribution < 1.29 is 9.18 Å². The topological polar surface area (TPSA) is 38.1 Å². The summed E-state index contributed by atoms with van der Waals surface area (Å²) in [4.78, 5) is 14.8. The van der Waals surface area contributed by atoms with Crippen LogP contribution in [0.5, 0.6) is 0 Å². The minimum Gasteiger partial charge on any atom is -0.337 e. The summed E-state index contributed by atoms with van der Waals surface area (Å²) in [6.45, 7) is 3.01. The first-order chi connectivity index (χ1) is 13.5. The number of nitrogens with zero attached hydrogens (tertiary/aromatic N) is 3. The molecule has 28 heavy (non-hydrogen) atoms. The molecule has 0 fully saturated rings. The van der Waals surface area contributed by atoms with E-state index in [0.717, 1.165) is 11.1 Å². The highest BCUT2D eigenvalue weighted by Crippen LogP contribution is 2.33. The van der Waals surface area contributed by atoms with E-state index in [1.54, 1.807) is 17.7 Å². The highest BCUT2D eigenvalue weighted by Gasteiger charge is 2.29. The number of hydrogen-bond donors (Lipinski definition) is 0. The van der Waals surface area contributed by atoms with Crippen LogP contribution in [-0.2, 0) is 24.8 Å². The standard InChI is InChI=1S/C23H24FN3O/c1-16-7-8-17(11-22(16)24)9-10-23(28)27-14-18-5-3-4-6-20(18)21(15-27)19-12-25-26(2)13-19/h3-8,11-13,21H,9-10,14-15H2,1-2H3. The molecule has 0 saturated carbocycles. The Balaban J connectivity index is 1.51. The Kier molecular flexibility index (Phi) is 4.99. The molecule has 0 radical (unpaired) electrons. The van der Waals surface area contributed by atoms with E-state index in [4.69, 9.17) is 0 Å². The van der Waals surface area contributed by atoms with E-state index >= 15 is 0 Å². The summed E-state index contributed by atoms with van der Waals surface area (Å²) >= 11 is 0. The van der Waals surface area contributed by atoms with Crippen LogP contribution in [0.4, 0.5) is 4.39 Å². The molecular weight excluding hydrogens is 353 g/mol. The molecule has 0 N–H and O–H groups in total. The van der Waals surface area contributed by atoms with Crippen molar-refractivity contribution in [2.75, 3.05) is 6.54 Å². The maximum atomic E-state index is 13.8. The van der Waals surface area contributed by atoms with Gasteiger partial charge in [0.25, 0.3) is 0 Å². The molecule has 2 heterocycles. The van der Waals surface area contributed by atoms with Gasteiger partial charge in [-0.3, -0.25) is 9.48 Å². The van der Waals surface area contributed by atoms with Gasteiger partial charge >= 0.3 is 0 Å². The maximum Gasteiger partial charge on any atom is 0.223 e. The number of fused-ring (bicyclic) bond motifs is 1. The van der Waals surface area contributed by atoms with Crippen molar-refractivity contribution in [3.63, 3.8) is 0 Å². The molecule has 0 saturated heterocycles. The van der Waals surface area contributed by atoms with Crippen molar-refractivity contribution in [1.82, 2.24) is 14.7 Å². The predicted octanol–water partition coefficient (Wildman–Crippen LogP) is 3.97. The molecule has 1 atom stereocenters. The number of aryl methyl sites for hydroxylation is 3. The summed E-state index contributed by atoms with van der Waals surface area (Å²) in [5.41, 5.74) is 5.05. The van der Waals surface area contributed by atoms with Crippen molar-refractivity contribution in [1.29, 1.82) is 0 Å². The van der Waals surface area contributed by atoms with Crippen molar-refractivity contribution >= 4 is 5.91 Å². The lowest BCUT2D eigenvalue weighted by atomic mass is 9.86. The Morgan fingerprint density at radius 1 is 1.25 bits per heavy atom. The molecular formula is C23H24FN3O. The van der Waals surface area contributed by atoms with Gasteiger partial charge in [-0.15, -0.1) is 0 Å². The highest BCUT2D eigenvalue weighted by atomic mass is 19.1. The zero-order valence-corrected chi connectivity index (χ0v) is 16.2. The van der Waals surface area contributed by atoms with Crippen LogP contribution in [0.2, 0.25) is 0 Å². The number of carbonyl (C=O) groups excluding carboxylic acids is 1. The molecule has 5 heteroatoms. The van der Waals surface area contributed by atoms with Gasteiger partial charge in [0.1, 0.15) is 5.82 Å². The molecule has 1 unspecified atom stereocenters. The van der Waals surface area contributed by atoms with Crippen molar-refractivity contribution in [3.8, 4) is 0 Å². The van der Waals surface area contributed by atoms with Gasteiger partial charge in [-0.1, -0.05) is 36.4 Å². The maximum absolute atomic E-state index is 13.8. The average Bonchev–Trinajstić information content (AvgIpc) is 3.14. The summed E-state index contributed by atoms with van der Waals surface area (Å²) in [7, 11) is 1.90. The minimum atomic E-state index is -0.214. The number of amides is 1. The fourth-order valence-corrected chi connectivity index (χ4v) is 3.90. The highest BCUT2D eigenvalue weighted by molar-refractivity contribution is 5.77. The number of benzene rings is 2. The van der Waals surface area contributed by atoms with E-state index in [9.17, 15) is 9.18 Å². The van der Waals surface area contributed by atoms with E-state index in [1.807, 2.05) is 42.5 Å². The van der Waals surface area contributed by atoms with E-state index in [2.05, 4.69) is 17.2 Å². The summed E-state index contributed by atoms with van der Waals surface area (Å²) in [5.74, 6) is 0.0114. The Hall–Kier alpha value is -2.95. The van der Waals surface area contributed by atoms with Crippen molar-refractivity contribution in [3.05, 3.63) is 88.5 Å². The third-order valence-electron chi connectivity index (χ3n) is 5.54. The third kappa shape index (κ3) is 3.70. The second-order valence-electron chi connectivity index (χ2n) is 7.56. The van der Waals surface area contributed by atoms with Crippen LogP contribution < -0.4 is 0 Å². The molecule has 4 nitrogen and oxygen atoms in total. The summed E-state index contributed by atoms with van der Waals surface area (Å²) in [6.07, 6.45) is 4.82. The van der Waals surface area contributed by atoms with Crippen LogP contribution in [0, 0.1) is 12.7 Å². The quantitative estimate of drug-likeness (QED) is 0.690. The van der Waals surface area contributed by atoms with Gasteiger partial charge in [0.2, 0.25) is 5.91 Å². The average molecular weight is 377 g/mol. The second-order valence-corrected chi connectivity index (χ2v) is 7.56. The van der Waals surface area contributed by atoms with Crippen LogP contribution in [-0.4, -0.2) is 27.1 Å². The smallest absolute Gasteiger partial charge is 0.223 e. The Labute approximate surface area is 164 Å². The third-order valence-corrected chi connectivity index (χ3v) is 5.54. The Bertz CT molecular complexity index is 1010. The molecule has 4 rings (SSSR count). The number of carbonyl (C=O) groups is 1. The van der Waals surface area contributed by atoms with Crippen LogP contribution in [0.15, 0.2) is 54.9 Å². The van der Waals surface area contributed by atoms with Gasteiger partial charge in [-0.25, -0.2) is 4.39 Å². The molecule has 144 valence electrons. The number of rotatable bonds is 4. The fourth-order valence-electron chi connectivity index (χ4n) is 3.90. The van der Waals surface area contributed by atoms with E-state index < -0.39 is 0 Å². The van der Waals surface area contributed by atoms with Crippen LogP contribution in [0.1, 0.15) is 40.2 Å². The van der Waals surface area contributed by atoms with Gasteiger partial charge in [0.05, 0.1) is 6.20 Å². The van der Waals surface area contributed by atoms with Gasteiger partial charge in [-0.05, 0) is 47.2 Å². The molecule has 3 aromatic rings. The van der Waals surface area contributed by atoms with Crippen LogP contribution in [0.3, 0.4) is 0 Å². The monoisotopic (exact) mass is 377 g/mol. The molecule has 1 aromatic heterocycles. The molecule has 1 aliphatic rings. The number of aromatic nitrogens is 2. The van der Waals surface area contributed by atoms with Gasteiger partial charge in [0, 0.05) is 38.7 Å². The first-order valence-electron chi connectivity index (χ1n) is 9.60. The molecule has 0 bridgehead atoms. The SMILES string of the molecule is Cc1ccc(CCC(=O)N2Cc3ccccc3C(c3cnn(C)c3)C2)cc1F. The predicted molar refractivity (Wildman–Crippen MR) is 106 cm³/mol. The zero-order chi connectivity index (χ0) is 19.7. The summed E-state index contributed by atoms with van der Waals surface area (Å²) in [6, 6.07) is 13.5. The lowest BCUT2D eigenvalue weighted by Gasteiger charge is -2.34. The van der Waals surface area contributed by atoms with Crippen molar-refractivity contribution in [2.45, 2.75) is 32.2 Å². The fraction of sp³-hybridized carbons (Fsp3) is 0.304. The van der Waals surface area contributed by atoms with Gasteiger partial charge < -0.3 is 4.90 Å². The van der Waals surface area contributed by atoms with Crippen LogP contribution in [0.25, 0.3) is 0 Å². The Morgan fingerprint density at radius 3 is 2.82 bits per heavy atom. The lowest BCUT2D eigenvalue weighted by Crippen LogP contribution is -2.38. The van der Waals surface area contributed by atoms with Gasteiger partial charge in [0.15, 0.2) is 0 Å². The largest absolute Gasteiger partial charge is 0.337 e. The summed E-state index contributed by atoms with van der Waals surface area (Å²) in [5, 5.41) is 4.30. The zero-order valence-electron chi connectivity index (χ0n) is 16.2. The van der Waals surface area contributed by atoms with E-state index in [1.165, 1.54) is 17.2 Å². The number of halogens is 1. The first kappa shape index (κ1) is 18.4. The van der Waals surface area contributed by atoms with Gasteiger partial charge in [-0.2, -0.15) is 5.10 Å². The normalized spacial score (nSPS) is 16.1. The van der Waals surface area contributed by atoms with Crippen molar-refractivity contribution in [2.24, 2.45) is 7.05 Å². The molecule has 0 aliphatic carbocycles. The second kappa shape index (κ2) is 7.58. The molecule has 1 amide bonds.